The fraction of sp³-hybridized carbons (Fsp3) is 0.350. The largest absolute Gasteiger partial charge is 0.488 e. The Kier molecular flexibility index (Phi) is 5.41. The Morgan fingerprint density at radius 1 is 1.33 bits per heavy atom. The minimum Gasteiger partial charge on any atom is -0.488 e. The van der Waals surface area contributed by atoms with Crippen LogP contribution in [0.15, 0.2) is 36.7 Å². The SMILES string of the molecule is Cc1cc(C(=O)NC2(C(=O)O)CCOC2)cc(C)c1OCc1cccnc1. The summed E-state index contributed by atoms with van der Waals surface area (Å²) in [5.41, 5.74) is 1.58. The van der Waals surface area contributed by atoms with Crippen molar-refractivity contribution in [3.8, 4) is 5.75 Å². The summed E-state index contributed by atoms with van der Waals surface area (Å²) in [6.45, 7) is 4.37. The Bertz CT molecular complexity index is 822. The Morgan fingerprint density at radius 3 is 2.63 bits per heavy atom. The number of rotatable bonds is 6. The van der Waals surface area contributed by atoms with Crippen LogP contribution in [0.25, 0.3) is 0 Å². The zero-order chi connectivity index (χ0) is 19.4. The second-order valence-electron chi connectivity index (χ2n) is 6.73. The molecule has 1 amide bonds. The third-order valence-electron chi connectivity index (χ3n) is 4.61. The molecular formula is C20H22N2O5. The van der Waals surface area contributed by atoms with Crippen LogP contribution in [0, 0.1) is 13.8 Å². The van der Waals surface area contributed by atoms with Gasteiger partial charge in [-0.05, 0) is 43.2 Å². The highest BCUT2D eigenvalue weighted by Crippen LogP contribution is 2.27. The van der Waals surface area contributed by atoms with Crippen molar-refractivity contribution in [2.75, 3.05) is 13.2 Å². The molecule has 2 heterocycles. The summed E-state index contributed by atoms with van der Waals surface area (Å²) >= 11 is 0. The lowest BCUT2D eigenvalue weighted by atomic mass is 9.97. The summed E-state index contributed by atoms with van der Waals surface area (Å²) < 4.78 is 11.1. The highest BCUT2D eigenvalue weighted by atomic mass is 16.5. The van der Waals surface area contributed by atoms with Crippen LogP contribution in [0.2, 0.25) is 0 Å². The van der Waals surface area contributed by atoms with E-state index in [1.54, 1.807) is 24.5 Å². The molecule has 0 aliphatic carbocycles. The van der Waals surface area contributed by atoms with Gasteiger partial charge in [0.25, 0.3) is 5.91 Å². The van der Waals surface area contributed by atoms with Crippen molar-refractivity contribution in [1.29, 1.82) is 0 Å². The molecule has 1 aliphatic rings. The second kappa shape index (κ2) is 7.75. The van der Waals surface area contributed by atoms with Crippen LogP contribution >= 0.6 is 0 Å². The lowest BCUT2D eigenvalue weighted by molar-refractivity contribution is -0.144. The number of aromatic nitrogens is 1. The number of nitrogens with zero attached hydrogens (tertiary/aromatic N) is 1. The minimum absolute atomic E-state index is 0.0294. The van der Waals surface area contributed by atoms with Crippen LogP contribution in [0.1, 0.15) is 33.5 Å². The van der Waals surface area contributed by atoms with Gasteiger partial charge in [0, 0.05) is 36.5 Å². The van der Waals surface area contributed by atoms with E-state index in [1.165, 1.54) is 0 Å². The number of nitrogens with one attached hydrogen (secondary N) is 1. The van der Waals surface area contributed by atoms with E-state index in [2.05, 4.69) is 10.3 Å². The van der Waals surface area contributed by atoms with Crippen molar-refractivity contribution in [3.63, 3.8) is 0 Å². The molecule has 142 valence electrons. The topological polar surface area (TPSA) is 97.8 Å². The molecule has 1 aromatic heterocycles. The normalized spacial score (nSPS) is 18.9. The highest BCUT2D eigenvalue weighted by Gasteiger charge is 2.44. The van der Waals surface area contributed by atoms with Crippen LogP contribution in [0.5, 0.6) is 5.75 Å². The first-order valence-corrected chi connectivity index (χ1v) is 8.68. The lowest BCUT2D eigenvalue weighted by Crippen LogP contribution is -2.55. The first-order chi connectivity index (χ1) is 12.9. The molecule has 0 saturated carbocycles. The number of benzene rings is 1. The van der Waals surface area contributed by atoms with Crippen molar-refractivity contribution in [2.24, 2.45) is 0 Å². The summed E-state index contributed by atoms with van der Waals surface area (Å²) in [7, 11) is 0. The molecule has 2 N–H and O–H groups in total. The number of amides is 1. The molecule has 0 radical (unpaired) electrons. The smallest absolute Gasteiger partial charge is 0.331 e. The molecule has 1 unspecified atom stereocenters. The summed E-state index contributed by atoms with van der Waals surface area (Å²) in [6.07, 6.45) is 3.69. The number of carboxylic acids is 1. The predicted molar refractivity (Wildman–Crippen MR) is 97.8 cm³/mol. The molecule has 2 aromatic rings. The quantitative estimate of drug-likeness (QED) is 0.809. The Balaban J connectivity index is 1.75. The maximum Gasteiger partial charge on any atom is 0.331 e. The molecule has 1 saturated heterocycles. The molecule has 0 spiro atoms. The fourth-order valence-corrected chi connectivity index (χ4v) is 3.12. The standard InChI is InChI=1S/C20H22N2O5/c1-13-8-16(18(23)22-20(19(24)25)5-7-26-12-20)9-14(2)17(13)27-11-15-4-3-6-21-10-15/h3-4,6,8-10H,5,7,11-12H2,1-2H3,(H,22,23)(H,24,25). The average Bonchev–Trinajstić information content (AvgIpc) is 3.11. The zero-order valence-corrected chi connectivity index (χ0v) is 15.3. The number of aryl methyl sites for hydroxylation is 2. The molecule has 27 heavy (non-hydrogen) atoms. The molecular weight excluding hydrogens is 348 g/mol. The Hall–Kier alpha value is -2.93. The molecule has 3 rings (SSSR count). The first-order valence-electron chi connectivity index (χ1n) is 8.68. The van der Waals surface area contributed by atoms with Crippen molar-refractivity contribution >= 4 is 11.9 Å². The Morgan fingerprint density at radius 2 is 2.07 bits per heavy atom. The van der Waals surface area contributed by atoms with E-state index in [-0.39, 0.29) is 13.0 Å². The molecule has 1 aliphatic heterocycles. The van der Waals surface area contributed by atoms with Crippen LogP contribution in [0.3, 0.4) is 0 Å². The van der Waals surface area contributed by atoms with Gasteiger partial charge in [0.1, 0.15) is 12.4 Å². The van der Waals surface area contributed by atoms with Crippen LogP contribution in [-0.2, 0) is 16.1 Å². The fourth-order valence-electron chi connectivity index (χ4n) is 3.12. The molecule has 1 atom stereocenters. The van der Waals surface area contributed by atoms with E-state index in [0.29, 0.717) is 24.5 Å². The molecule has 7 nitrogen and oxygen atoms in total. The van der Waals surface area contributed by atoms with Gasteiger partial charge in [0.05, 0.1) is 6.61 Å². The minimum atomic E-state index is -1.37. The van der Waals surface area contributed by atoms with Crippen molar-refractivity contribution < 1.29 is 24.2 Å². The highest BCUT2D eigenvalue weighted by molar-refractivity contribution is 5.98. The summed E-state index contributed by atoms with van der Waals surface area (Å²) in [4.78, 5) is 28.3. The van der Waals surface area contributed by atoms with E-state index >= 15 is 0 Å². The maximum absolute atomic E-state index is 12.6. The van der Waals surface area contributed by atoms with E-state index in [0.717, 1.165) is 16.7 Å². The second-order valence-corrected chi connectivity index (χ2v) is 6.73. The Labute approximate surface area is 157 Å². The number of hydrogen-bond acceptors (Lipinski definition) is 5. The van der Waals surface area contributed by atoms with Gasteiger partial charge >= 0.3 is 5.97 Å². The van der Waals surface area contributed by atoms with Gasteiger partial charge in [-0.15, -0.1) is 0 Å². The predicted octanol–water partition coefficient (Wildman–Crippen LogP) is 2.25. The maximum atomic E-state index is 12.6. The van der Waals surface area contributed by atoms with E-state index < -0.39 is 17.4 Å². The van der Waals surface area contributed by atoms with Gasteiger partial charge in [-0.25, -0.2) is 4.79 Å². The van der Waals surface area contributed by atoms with E-state index in [9.17, 15) is 14.7 Å². The number of carbonyl (C=O) groups excluding carboxylic acids is 1. The number of aliphatic carboxylic acids is 1. The van der Waals surface area contributed by atoms with Gasteiger partial charge in [0.15, 0.2) is 5.54 Å². The summed E-state index contributed by atoms with van der Waals surface area (Å²) in [5.74, 6) is -0.821. The average molecular weight is 370 g/mol. The van der Waals surface area contributed by atoms with E-state index in [4.69, 9.17) is 9.47 Å². The van der Waals surface area contributed by atoms with E-state index in [1.807, 2.05) is 26.0 Å². The number of pyridine rings is 1. The summed E-state index contributed by atoms with van der Waals surface area (Å²) in [6, 6.07) is 7.17. The monoisotopic (exact) mass is 370 g/mol. The number of carbonyl (C=O) groups is 2. The third-order valence-corrected chi connectivity index (χ3v) is 4.61. The number of hydrogen-bond donors (Lipinski definition) is 2. The molecule has 1 aromatic carbocycles. The lowest BCUT2D eigenvalue weighted by Gasteiger charge is -2.24. The number of carboxylic acid groups (broad SMARTS) is 1. The summed E-state index contributed by atoms with van der Waals surface area (Å²) in [5, 5.41) is 12.1. The van der Waals surface area contributed by atoms with Gasteiger partial charge in [0.2, 0.25) is 0 Å². The first kappa shape index (κ1) is 18.8. The van der Waals surface area contributed by atoms with Crippen molar-refractivity contribution in [2.45, 2.75) is 32.4 Å². The van der Waals surface area contributed by atoms with Gasteiger partial charge in [-0.1, -0.05) is 6.07 Å². The number of ether oxygens (including phenoxy) is 2. The van der Waals surface area contributed by atoms with Gasteiger partial charge in [-0.3, -0.25) is 9.78 Å². The molecule has 0 bridgehead atoms. The molecule has 7 heteroatoms. The zero-order valence-electron chi connectivity index (χ0n) is 15.3. The van der Waals surface area contributed by atoms with Crippen LogP contribution < -0.4 is 10.1 Å². The third kappa shape index (κ3) is 4.09. The van der Waals surface area contributed by atoms with Crippen LogP contribution in [-0.4, -0.2) is 40.7 Å². The van der Waals surface area contributed by atoms with Crippen LogP contribution in [0.4, 0.5) is 0 Å². The van der Waals surface area contributed by atoms with Gasteiger partial charge < -0.3 is 19.9 Å². The molecule has 1 fully saturated rings. The van der Waals surface area contributed by atoms with Gasteiger partial charge in [-0.2, -0.15) is 0 Å². The van der Waals surface area contributed by atoms with Crippen molar-refractivity contribution in [3.05, 3.63) is 58.9 Å². The van der Waals surface area contributed by atoms with Crippen molar-refractivity contribution in [1.82, 2.24) is 10.3 Å².